The first-order chi connectivity index (χ1) is 52.8. The van der Waals surface area contributed by atoms with E-state index in [1.165, 1.54) is 315 Å². The number of rotatable bonds is 74. The highest BCUT2D eigenvalue weighted by molar-refractivity contribution is 5.76. The Bertz CT molecular complexity index is 2090. The molecule has 3 aliphatic heterocycles. The maximum Gasteiger partial charge on any atom is 0.220 e. The fourth-order valence-electron chi connectivity index (χ4n) is 15.5. The van der Waals surface area contributed by atoms with E-state index in [-0.39, 0.29) is 18.9 Å². The Balaban J connectivity index is 1.32. The van der Waals surface area contributed by atoms with Crippen LogP contribution in [0.3, 0.4) is 0 Å². The molecule has 19 nitrogen and oxygen atoms in total. The number of allylic oxidation sites excluding steroid dienone is 5. The minimum atomic E-state index is -1.98. The standard InChI is InChI=1S/C89H167NO18/c1-3-5-7-9-11-13-15-17-19-21-23-25-27-29-31-33-34-35-36-37-38-39-41-43-45-47-49-51-53-55-57-59-61-63-65-67-77(95)90-72(73(94)66-64-62-60-58-56-54-52-50-48-46-44-42-40-32-30-28-26-24-22-20-18-16-14-12-10-8-6-4-2)71-103-87-83(101)80(98)85(75(69-92)105-87)108-89-84(102)81(99)86(76(70-93)106-89)107-88-82(100)79(97)78(96)74(68-91)104-88/h15,17,21,23,64,66,72-76,78-89,91-94,96-102H,3-14,16,18-20,22,24-63,65,67-71H2,1-2H3,(H,90,95)/b17-15-,23-21-,66-64+. The summed E-state index contributed by atoms with van der Waals surface area (Å²) in [5.41, 5.74) is 0. The molecule has 1 amide bonds. The molecule has 3 saturated heterocycles. The van der Waals surface area contributed by atoms with E-state index in [4.69, 9.17) is 28.4 Å². The van der Waals surface area contributed by atoms with E-state index >= 15 is 0 Å². The van der Waals surface area contributed by atoms with Gasteiger partial charge in [0.2, 0.25) is 5.91 Å². The fourth-order valence-corrected chi connectivity index (χ4v) is 15.5. The summed E-state index contributed by atoms with van der Waals surface area (Å²) in [5, 5.41) is 121. The highest BCUT2D eigenvalue weighted by Crippen LogP contribution is 2.34. The molecule has 636 valence electrons. The maximum atomic E-state index is 13.5. The molecule has 0 spiro atoms. The average Bonchev–Trinajstić information content (AvgIpc) is 0.774. The smallest absolute Gasteiger partial charge is 0.220 e. The third-order valence-electron chi connectivity index (χ3n) is 22.7. The molecule has 12 N–H and O–H groups in total. The number of ether oxygens (including phenoxy) is 6. The third-order valence-corrected chi connectivity index (χ3v) is 22.7. The molecule has 0 saturated carbocycles. The van der Waals surface area contributed by atoms with Crippen molar-refractivity contribution in [2.75, 3.05) is 26.4 Å². The molecular formula is C89H167NO18. The number of aliphatic hydroxyl groups excluding tert-OH is 11. The van der Waals surface area contributed by atoms with Crippen LogP contribution < -0.4 is 5.32 Å². The first-order valence-electron chi connectivity index (χ1n) is 45.2. The molecule has 0 aromatic heterocycles. The van der Waals surface area contributed by atoms with E-state index in [0.29, 0.717) is 6.42 Å². The topological polar surface area (TPSA) is 307 Å². The highest BCUT2D eigenvalue weighted by atomic mass is 16.8. The molecule has 17 unspecified atom stereocenters. The van der Waals surface area contributed by atoms with Gasteiger partial charge >= 0.3 is 0 Å². The van der Waals surface area contributed by atoms with Gasteiger partial charge in [0.05, 0.1) is 38.6 Å². The van der Waals surface area contributed by atoms with Crippen LogP contribution in [0, 0.1) is 0 Å². The molecule has 3 aliphatic rings. The molecule has 19 heteroatoms. The Morgan fingerprint density at radius 1 is 0.333 bits per heavy atom. The Morgan fingerprint density at radius 3 is 0.944 bits per heavy atom. The lowest BCUT2D eigenvalue weighted by Gasteiger charge is -2.48. The second-order valence-electron chi connectivity index (χ2n) is 32.4. The van der Waals surface area contributed by atoms with Crippen LogP contribution in [-0.2, 0) is 33.2 Å². The van der Waals surface area contributed by atoms with E-state index in [0.717, 1.165) is 51.4 Å². The quantitative estimate of drug-likeness (QED) is 0.0199. The van der Waals surface area contributed by atoms with E-state index in [9.17, 15) is 61.0 Å². The number of carbonyl (C=O) groups is 1. The minimum Gasteiger partial charge on any atom is -0.394 e. The fraction of sp³-hybridized carbons (Fsp3) is 0.921. The van der Waals surface area contributed by atoms with Crippen molar-refractivity contribution >= 4 is 5.91 Å². The predicted octanol–water partition coefficient (Wildman–Crippen LogP) is 17.0. The lowest BCUT2D eigenvalue weighted by molar-refractivity contribution is -0.379. The zero-order valence-electron chi connectivity index (χ0n) is 68.6. The van der Waals surface area contributed by atoms with Gasteiger partial charge in [-0.3, -0.25) is 4.79 Å². The molecule has 3 rings (SSSR count). The largest absolute Gasteiger partial charge is 0.394 e. The summed E-state index contributed by atoms with van der Waals surface area (Å²) < 4.78 is 34.5. The van der Waals surface area contributed by atoms with Crippen molar-refractivity contribution in [2.24, 2.45) is 0 Å². The molecular weight excluding hydrogens is 1370 g/mol. The first-order valence-corrected chi connectivity index (χ1v) is 45.2. The van der Waals surface area contributed by atoms with Crippen LogP contribution >= 0.6 is 0 Å². The molecule has 3 fully saturated rings. The lowest BCUT2D eigenvalue weighted by Crippen LogP contribution is -2.66. The Morgan fingerprint density at radius 2 is 0.611 bits per heavy atom. The SMILES string of the molecule is CCCCCCC/C=C\C/C=C\CCCCCCCCCCCCCCCCCCCCCCCCCC(=O)NC(COC1OC(CO)C(OC2OC(CO)C(OC3OC(CO)C(O)C(O)C3O)C(O)C2O)C(O)C1O)C(O)/C=C/CCCCCCCCCCCCCCCCCCCCCCCCCCCC. The first kappa shape index (κ1) is 100. The van der Waals surface area contributed by atoms with Gasteiger partial charge in [-0.1, -0.05) is 371 Å². The summed E-state index contributed by atoms with van der Waals surface area (Å²) in [5.74, 6) is -0.267. The second kappa shape index (κ2) is 69.3. The van der Waals surface area contributed by atoms with Crippen molar-refractivity contribution in [3.05, 3.63) is 36.5 Å². The van der Waals surface area contributed by atoms with Crippen LogP contribution in [0.1, 0.15) is 393 Å². The van der Waals surface area contributed by atoms with Gasteiger partial charge in [0.15, 0.2) is 18.9 Å². The summed E-state index contributed by atoms with van der Waals surface area (Å²) in [4.78, 5) is 13.5. The van der Waals surface area contributed by atoms with Crippen LogP contribution in [0.5, 0.6) is 0 Å². The summed E-state index contributed by atoms with van der Waals surface area (Å²) in [6.45, 7) is 1.80. The second-order valence-corrected chi connectivity index (χ2v) is 32.4. The van der Waals surface area contributed by atoms with Gasteiger partial charge in [0, 0.05) is 6.42 Å². The van der Waals surface area contributed by atoms with Crippen LogP contribution in [0.2, 0.25) is 0 Å². The average molecular weight is 1540 g/mol. The Labute approximate surface area is 657 Å². The van der Waals surface area contributed by atoms with Gasteiger partial charge in [0.25, 0.3) is 0 Å². The summed E-state index contributed by atoms with van der Waals surface area (Å²) in [6, 6.07) is -0.973. The zero-order valence-corrected chi connectivity index (χ0v) is 68.6. The monoisotopic (exact) mass is 1540 g/mol. The number of nitrogens with one attached hydrogen (secondary N) is 1. The van der Waals surface area contributed by atoms with Crippen LogP contribution in [-0.4, -0.2) is 193 Å². The summed E-state index contributed by atoms with van der Waals surface area (Å²) in [7, 11) is 0. The molecule has 17 atom stereocenters. The van der Waals surface area contributed by atoms with Gasteiger partial charge in [-0.2, -0.15) is 0 Å². The van der Waals surface area contributed by atoms with Gasteiger partial charge in [-0.05, 0) is 51.4 Å². The molecule has 0 aliphatic carbocycles. The van der Waals surface area contributed by atoms with Crippen molar-refractivity contribution in [3.63, 3.8) is 0 Å². The van der Waals surface area contributed by atoms with Gasteiger partial charge in [-0.25, -0.2) is 0 Å². The zero-order chi connectivity index (χ0) is 78.1. The number of amides is 1. The predicted molar refractivity (Wildman–Crippen MR) is 434 cm³/mol. The lowest BCUT2D eigenvalue weighted by atomic mass is 9.96. The minimum absolute atomic E-state index is 0.248. The summed E-state index contributed by atoms with van der Waals surface area (Å²) in [6.07, 6.45) is 61.5. The van der Waals surface area contributed by atoms with E-state index in [1.807, 2.05) is 6.08 Å². The van der Waals surface area contributed by atoms with Crippen molar-refractivity contribution in [2.45, 2.75) is 497 Å². The van der Waals surface area contributed by atoms with E-state index in [2.05, 4.69) is 43.5 Å². The van der Waals surface area contributed by atoms with Gasteiger partial charge in [-0.15, -0.1) is 0 Å². The molecule has 0 bridgehead atoms. The number of hydrogen-bond acceptors (Lipinski definition) is 18. The van der Waals surface area contributed by atoms with Gasteiger partial charge < -0.3 is 89.9 Å². The van der Waals surface area contributed by atoms with E-state index in [1.54, 1.807) is 6.08 Å². The number of hydrogen-bond donors (Lipinski definition) is 12. The van der Waals surface area contributed by atoms with Crippen LogP contribution in [0.25, 0.3) is 0 Å². The molecule has 0 radical (unpaired) electrons. The molecule has 108 heavy (non-hydrogen) atoms. The van der Waals surface area contributed by atoms with Crippen molar-refractivity contribution in [1.82, 2.24) is 5.32 Å². The number of aliphatic hydroxyl groups is 11. The Kier molecular flexibility index (Phi) is 64.3. The van der Waals surface area contributed by atoms with Gasteiger partial charge in [0.1, 0.15) is 73.2 Å². The number of carbonyl (C=O) groups excluding carboxylic acids is 1. The third kappa shape index (κ3) is 47.8. The highest BCUT2D eigenvalue weighted by Gasteiger charge is 2.54. The van der Waals surface area contributed by atoms with E-state index < -0.39 is 124 Å². The molecule has 3 heterocycles. The maximum absolute atomic E-state index is 13.5. The number of unbranched alkanes of at least 4 members (excludes halogenated alkanes) is 54. The van der Waals surface area contributed by atoms with Crippen molar-refractivity contribution in [1.29, 1.82) is 0 Å². The summed E-state index contributed by atoms with van der Waals surface area (Å²) >= 11 is 0. The van der Waals surface area contributed by atoms with Crippen LogP contribution in [0.15, 0.2) is 36.5 Å². The van der Waals surface area contributed by atoms with Crippen molar-refractivity contribution < 1.29 is 89.4 Å². The molecule has 0 aromatic rings. The Hall–Kier alpha value is -1.99. The molecule has 0 aromatic carbocycles. The van der Waals surface area contributed by atoms with Crippen LogP contribution in [0.4, 0.5) is 0 Å². The normalized spacial score (nSPS) is 25.5. The van der Waals surface area contributed by atoms with Crippen molar-refractivity contribution in [3.8, 4) is 0 Å².